The van der Waals surface area contributed by atoms with Gasteiger partial charge >= 0.3 is 0 Å². The lowest BCUT2D eigenvalue weighted by Gasteiger charge is -2.10. The molecule has 1 N–H and O–H groups in total. The molecular formula is C18H21NO5S. The summed E-state index contributed by atoms with van der Waals surface area (Å²) < 4.78 is 37.3. The minimum absolute atomic E-state index is 0.000503. The number of benzene rings is 2. The summed E-state index contributed by atoms with van der Waals surface area (Å²) in [4.78, 5) is 11.6. The van der Waals surface area contributed by atoms with E-state index in [0.717, 1.165) is 5.75 Å². The number of amides is 1. The number of nitrogens with one attached hydrogen (secondary N) is 1. The minimum atomic E-state index is -3.88. The zero-order chi connectivity index (χ0) is 18.4. The molecule has 2 aromatic rings. The number of rotatable bonds is 7. The average molecular weight is 363 g/mol. The van der Waals surface area contributed by atoms with Gasteiger partial charge in [-0.3, -0.25) is 4.79 Å². The minimum Gasteiger partial charge on any atom is -0.494 e. The number of carbonyl (C=O) groups is 1. The van der Waals surface area contributed by atoms with Crippen LogP contribution in [0.2, 0.25) is 0 Å². The molecule has 1 amide bonds. The van der Waals surface area contributed by atoms with Crippen LogP contribution < -0.4 is 14.2 Å². The molecule has 2 rings (SSSR count). The normalized spacial score (nSPS) is 11.2. The number of ether oxygens (including phenoxy) is 2. The quantitative estimate of drug-likeness (QED) is 0.816. The van der Waals surface area contributed by atoms with Crippen molar-refractivity contribution in [1.82, 2.24) is 4.72 Å². The Hall–Kier alpha value is -2.54. The second-order valence-corrected chi connectivity index (χ2v) is 7.28. The van der Waals surface area contributed by atoms with Gasteiger partial charge in [0.15, 0.2) is 0 Å². The number of hydrogen-bond acceptors (Lipinski definition) is 5. The van der Waals surface area contributed by atoms with Crippen LogP contribution in [0.1, 0.15) is 20.8 Å². The molecule has 0 aliphatic rings. The lowest BCUT2D eigenvalue weighted by atomic mass is 10.2. The van der Waals surface area contributed by atoms with Gasteiger partial charge in [-0.15, -0.1) is 0 Å². The maximum absolute atomic E-state index is 12.1. The Labute approximate surface area is 147 Å². The highest BCUT2D eigenvalue weighted by Gasteiger charge is 2.19. The van der Waals surface area contributed by atoms with Crippen molar-refractivity contribution in [3.63, 3.8) is 0 Å². The Morgan fingerprint density at radius 2 is 1.44 bits per heavy atom. The molecule has 25 heavy (non-hydrogen) atoms. The Morgan fingerprint density at radius 3 is 1.92 bits per heavy atom. The van der Waals surface area contributed by atoms with Gasteiger partial charge in [-0.05, 0) is 55.5 Å². The van der Waals surface area contributed by atoms with Crippen molar-refractivity contribution in [2.24, 2.45) is 5.92 Å². The maximum atomic E-state index is 12.1. The van der Waals surface area contributed by atoms with E-state index in [2.05, 4.69) is 0 Å². The molecule has 0 heterocycles. The third-order valence-corrected chi connectivity index (χ3v) is 4.63. The molecule has 0 bridgehead atoms. The summed E-state index contributed by atoms with van der Waals surface area (Å²) in [6.07, 6.45) is 0. The average Bonchev–Trinajstić information content (AvgIpc) is 2.57. The van der Waals surface area contributed by atoms with Gasteiger partial charge in [0.05, 0.1) is 11.5 Å². The molecule has 0 aliphatic heterocycles. The van der Waals surface area contributed by atoms with E-state index in [-0.39, 0.29) is 4.90 Å². The Morgan fingerprint density at radius 1 is 0.960 bits per heavy atom. The summed E-state index contributed by atoms with van der Waals surface area (Å²) >= 11 is 0. The van der Waals surface area contributed by atoms with E-state index in [9.17, 15) is 13.2 Å². The molecule has 0 aliphatic carbocycles. The van der Waals surface area contributed by atoms with E-state index in [4.69, 9.17) is 9.47 Å². The molecule has 6 nitrogen and oxygen atoms in total. The predicted molar refractivity (Wildman–Crippen MR) is 94.3 cm³/mol. The van der Waals surface area contributed by atoms with Crippen LogP contribution >= 0.6 is 0 Å². The third-order valence-electron chi connectivity index (χ3n) is 3.26. The highest BCUT2D eigenvalue weighted by molar-refractivity contribution is 7.90. The van der Waals surface area contributed by atoms with Crippen molar-refractivity contribution in [2.45, 2.75) is 25.7 Å². The first-order valence-corrected chi connectivity index (χ1v) is 9.37. The predicted octanol–water partition coefficient (Wildman–Crippen LogP) is 3.34. The van der Waals surface area contributed by atoms with Crippen LogP contribution in [0, 0.1) is 5.92 Å². The van der Waals surface area contributed by atoms with Crippen LogP contribution in [0.15, 0.2) is 53.4 Å². The van der Waals surface area contributed by atoms with E-state index in [1.807, 2.05) is 11.6 Å². The molecule has 2 aromatic carbocycles. The standard InChI is InChI=1S/C18H21NO5S/c1-4-23-14-5-7-15(8-6-14)24-16-9-11-17(12-10-16)25(21,22)19-18(20)13(2)3/h5-13H,4H2,1-3H3,(H,19,20). The smallest absolute Gasteiger partial charge is 0.264 e. The molecule has 7 heteroatoms. The highest BCUT2D eigenvalue weighted by Crippen LogP contribution is 2.25. The fraction of sp³-hybridized carbons (Fsp3) is 0.278. The van der Waals surface area contributed by atoms with Crippen molar-refractivity contribution in [3.05, 3.63) is 48.5 Å². The van der Waals surface area contributed by atoms with Crippen LogP contribution in [0.5, 0.6) is 17.2 Å². The Bertz CT molecular complexity index is 812. The molecular weight excluding hydrogens is 342 g/mol. The third kappa shape index (κ3) is 5.22. The first kappa shape index (κ1) is 18.8. The van der Waals surface area contributed by atoms with Gasteiger partial charge in [-0.2, -0.15) is 0 Å². The Kier molecular flexibility index (Phi) is 6.03. The van der Waals surface area contributed by atoms with Gasteiger partial charge in [0.1, 0.15) is 17.2 Å². The summed E-state index contributed by atoms with van der Waals surface area (Å²) in [5.74, 6) is 0.870. The largest absolute Gasteiger partial charge is 0.494 e. The van der Waals surface area contributed by atoms with E-state index in [1.54, 1.807) is 38.1 Å². The molecule has 0 radical (unpaired) electrons. The van der Waals surface area contributed by atoms with Crippen molar-refractivity contribution < 1.29 is 22.7 Å². The number of sulfonamides is 1. The fourth-order valence-corrected chi connectivity index (χ4v) is 3.02. The second-order valence-electron chi connectivity index (χ2n) is 5.60. The van der Waals surface area contributed by atoms with Gasteiger partial charge < -0.3 is 9.47 Å². The van der Waals surface area contributed by atoms with Crippen molar-refractivity contribution >= 4 is 15.9 Å². The van der Waals surface area contributed by atoms with Gasteiger partial charge in [-0.1, -0.05) is 13.8 Å². The lowest BCUT2D eigenvalue weighted by Crippen LogP contribution is -2.33. The van der Waals surface area contributed by atoms with Crippen molar-refractivity contribution in [3.8, 4) is 17.2 Å². The first-order chi connectivity index (χ1) is 11.8. The van der Waals surface area contributed by atoms with Crippen LogP contribution in [-0.2, 0) is 14.8 Å². The van der Waals surface area contributed by atoms with Gasteiger partial charge in [0.25, 0.3) is 10.0 Å². The second kappa shape index (κ2) is 8.02. The van der Waals surface area contributed by atoms with Crippen LogP contribution in [0.25, 0.3) is 0 Å². The Balaban J connectivity index is 2.07. The molecule has 0 saturated carbocycles. The number of carbonyl (C=O) groups excluding carboxylic acids is 1. The van der Waals surface area contributed by atoms with Crippen LogP contribution in [-0.4, -0.2) is 20.9 Å². The summed E-state index contributed by atoms with van der Waals surface area (Å²) in [6, 6.07) is 12.9. The van der Waals surface area contributed by atoms with E-state index >= 15 is 0 Å². The molecule has 0 saturated heterocycles. The molecule has 0 atom stereocenters. The zero-order valence-electron chi connectivity index (χ0n) is 14.4. The SMILES string of the molecule is CCOc1ccc(Oc2ccc(S(=O)(=O)NC(=O)C(C)C)cc2)cc1. The fourth-order valence-electron chi connectivity index (χ4n) is 1.90. The summed E-state index contributed by atoms with van der Waals surface area (Å²) in [5, 5.41) is 0. The molecule has 0 spiro atoms. The molecule has 0 aromatic heterocycles. The van der Waals surface area contributed by atoms with Crippen molar-refractivity contribution in [1.29, 1.82) is 0 Å². The maximum Gasteiger partial charge on any atom is 0.264 e. The molecule has 0 fully saturated rings. The summed E-state index contributed by atoms with van der Waals surface area (Å²) in [7, 11) is -3.88. The highest BCUT2D eigenvalue weighted by atomic mass is 32.2. The molecule has 0 unspecified atom stereocenters. The van der Waals surface area contributed by atoms with Crippen LogP contribution in [0.4, 0.5) is 0 Å². The van der Waals surface area contributed by atoms with Gasteiger partial charge in [0, 0.05) is 5.92 Å². The van der Waals surface area contributed by atoms with Crippen LogP contribution in [0.3, 0.4) is 0 Å². The van der Waals surface area contributed by atoms with Gasteiger partial charge in [-0.25, -0.2) is 13.1 Å². The first-order valence-electron chi connectivity index (χ1n) is 7.89. The lowest BCUT2D eigenvalue weighted by molar-refractivity contribution is -0.122. The summed E-state index contributed by atoms with van der Waals surface area (Å²) in [5.41, 5.74) is 0. The molecule has 134 valence electrons. The number of hydrogen-bond donors (Lipinski definition) is 1. The monoisotopic (exact) mass is 363 g/mol. The summed E-state index contributed by atoms with van der Waals surface area (Å²) in [6.45, 7) is 5.74. The van der Waals surface area contributed by atoms with E-state index in [1.165, 1.54) is 24.3 Å². The zero-order valence-corrected chi connectivity index (χ0v) is 15.2. The van der Waals surface area contributed by atoms with E-state index < -0.39 is 21.8 Å². The van der Waals surface area contributed by atoms with Gasteiger partial charge in [0.2, 0.25) is 5.91 Å². The topological polar surface area (TPSA) is 81.7 Å². The van der Waals surface area contributed by atoms with E-state index in [0.29, 0.717) is 18.1 Å². The van der Waals surface area contributed by atoms with Crippen molar-refractivity contribution in [2.75, 3.05) is 6.61 Å².